The molecule has 176 valence electrons. The molecule has 1 amide bonds. The Bertz CT molecular complexity index is 935. The third kappa shape index (κ3) is 6.52. The molecule has 32 heavy (non-hydrogen) atoms. The van der Waals surface area contributed by atoms with Crippen molar-refractivity contribution >= 4 is 28.0 Å². The smallest absolute Gasteiger partial charge is 0.331 e. The fraction of sp³-hybridized carbons (Fsp3) is 0.524. The molecule has 1 atom stereocenters. The van der Waals surface area contributed by atoms with Crippen molar-refractivity contribution in [2.75, 3.05) is 53.2 Å². The van der Waals surface area contributed by atoms with Crippen LogP contribution in [0.15, 0.2) is 29.2 Å². The second-order valence-corrected chi connectivity index (χ2v) is 9.21. The summed E-state index contributed by atoms with van der Waals surface area (Å²) in [6.45, 7) is 1.84. The Morgan fingerprint density at radius 1 is 1.25 bits per heavy atom. The van der Waals surface area contributed by atoms with Gasteiger partial charge in [-0.05, 0) is 36.6 Å². The lowest BCUT2D eigenvalue weighted by Crippen LogP contribution is -2.40. The van der Waals surface area contributed by atoms with Crippen LogP contribution in [-0.4, -0.2) is 83.9 Å². The molecule has 1 aromatic rings. The number of morpholine rings is 1. The van der Waals surface area contributed by atoms with E-state index in [-0.39, 0.29) is 29.8 Å². The summed E-state index contributed by atoms with van der Waals surface area (Å²) in [7, 11) is -2.39. The van der Waals surface area contributed by atoms with Crippen LogP contribution < -0.4 is 10.1 Å². The molecule has 1 unspecified atom stereocenters. The maximum absolute atomic E-state index is 13.0. The molecule has 3 rings (SSSR count). The largest absolute Gasteiger partial charge is 0.495 e. The van der Waals surface area contributed by atoms with Crippen LogP contribution in [0.5, 0.6) is 5.75 Å². The monoisotopic (exact) mass is 468 g/mol. The summed E-state index contributed by atoms with van der Waals surface area (Å²) in [5.41, 5.74) is 0.470. The minimum atomic E-state index is -3.79. The summed E-state index contributed by atoms with van der Waals surface area (Å²) in [5, 5.41) is 2.66. The van der Waals surface area contributed by atoms with Crippen LogP contribution in [0.4, 0.5) is 0 Å². The Balaban J connectivity index is 1.58. The van der Waals surface area contributed by atoms with Gasteiger partial charge in [-0.3, -0.25) is 4.79 Å². The minimum absolute atomic E-state index is 0.00549. The molecule has 2 heterocycles. The van der Waals surface area contributed by atoms with Gasteiger partial charge in [0.25, 0.3) is 5.91 Å². The molecule has 2 aliphatic rings. The molecule has 2 fully saturated rings. The van der Waals surface area contributed by atoms with Crippen molar-refractivity contribution in [3.8, 4) is 5.75 Å². The van der Waals surface area contributed by atoms with E-state index in [1.165, 1.54) is 29.6 Å². The molecule has 0 aromatic heterocycles. The molecule has 1 N–H and O–H groups in total. The average molecular weight is 469 g/mol. The number of carbonyl (C=O) groups excluding carboxylic acids is 2. The predicted octanol–water partition coefficient (Wildman–Crippen LogP) is 0.568. The zero-order valence-electron chi connectivity index (χ0n) is 17.9. The van der Waals surface area contributed by atoms with Crippen molar-refractivity contribution in [2.45, 2.75) is 23.8 Å². The number of benzene rings is 1. The highest BCUT2D eigenvalue weighted by Crippen LogP contribution is 2.28. The van der Waals surface area contributed by atoms with Gasteiger partial charge >= 0.3 is 5.97 Å². The average Bonchev–Trinajstić information content (AvgIpc) is 3.34. The van der Waals surface area contributed by atoms with Gasteiger partial charge in [0.05, 0.1) is 26.4 Å². The number of nitrogens with zero attached hydrogens (tertiary/aromatic N) is 1. The molecule has 0 saturated carbocycles. The summed E-state index contributed by atoms with van der Waals surface area (Å²) >= 11 is 0. The van der Waals surface area contributed by atoms with Gasteiger partial charge in [-0.15, -0.1) is 0 Å². The quantitative estimate of drug-likeness (QED) is 0.413. The van der Waals surface area contributed by atoms with E-state index in [1.54, 1.807) is 6.07 Å². The molecule has 11 heteroatoms. The Labute approximate surface area is 187 Å². The number of hydrogen-bond donors (Lipinski definition) is 1. The van der Waals surface area contributed by atoms with E-state index in [9.17, 15) is 18.0 Å². The van der Waals surface area contributed by atoms with Gasteiger partial charge in [-0.2, -0.15) is 4.31 Å². The van der Waals surface area contributed by atoms with E-state index in [0.717, 1.165) is 18.9 Å². The number of esters is 1. The first-order valence-electron chi connectivity index (χ1n) is 10.4. The van der Waals surface area contributed by atoms with Gasteiger partial charge in [0.15, 0.2) is 6.61 Å². The molecule has 0 bridgehead atoms. The van der Waals surface area contributed by atoms with Crippen LogP contribution in [0.25, 0.3) is 6.08 Å². The Kier molecular flexibility index (Phi) is 8.62. The first-order valence-corrected chi connectivity index (χ1v) is 11.8. The summed E-state index contributed by atoms with van der Waals surface area (Å²) in [5.74, 6) is -0.921. The van der Waals surface area contributed by atoms with E-state index in [4.69, 9.17) is 18.9 Å². The molecule has 10 nitrogen and oxygen atoms in total. The van der Waals surface area contributed by atoms with Gasteiger partial charge in [0, 0.05) is 32.3 Å². The van der Waals surface area contributed by atoms with Crippen molar-refractivity contribution in [3.63, 3.8) is 0 Å². The lowest BCUT2D eigenvalue weighted by atomic mass is 10.2. The third-order valence-electron chi connectivity index (χ3n) is 5.08. The second kappa shape index (κ2) is 11.4. The SMILES string of the molecule is COc1ccc(/C=C/C(=O)OCC(=O)NCC2CCCO2)cc1S(=O)(=O)N1CCOCC1. The maximum Gasteiger partial charge on any atom is 0.331 e. The number of methoxy groups -OCH3 is 1. The highest BCUT2D eigenvalue weighted by atomic mass is 32.2. The van der Waals surface area contributed by atoms with E-state index in [2.05, 4.69) is 5.32 Å². The molecular formula is C21H28N2O8S. The third-order valence-corrected chi connectivity index (χ3v) is 7.00. The normalized spacial score (nSPS) is 19.7. The van der Waals surface area contributed by atoms with E-state index in [0.29, 0.717) is 31.9 Å². The van der Waals surface area contributed by atoms with Gasteiger partial charge in [-0.1, -0.05) is 6.07 Å². The van der Waals surface area contributed by atoms with Crippen LogP contribution >= 0.6 is 0 Å². The fourth-order valence-electron chi connectivity index (χ4n) is 3.36. The standard InChI is InChI=1S/C21H28N2O8S/c1-28-18-6-4-16(13-19(18)32(26,27)23-8-11-29-12-9-23)5-7-21(25)31-15-20(24)22-14-17-3-2-10-30-17/h4-7,13,17H,2-3,8-12,14-15H2,1H3,(H,22,24)/b7-5+. The maximum atomic E-state index is 13.0. The Morgan fingerprint density at radius 3 is 2.72 bits per heavy atom. The van der Waals surface area contributed by atoms with Crippen molar-refractivity contribution in [2.24, 2.45) is 0 Å². The first kappa shape index (κ1) is 24.2. The molecule has 2 saturated heterocycles. The lowest BCUT2D eigenvalue weighted by molar-refractivity contribution is -0.143. The van der Waals surface area contributed by atoms with Crippen molar-refractivity contribution in [1.82, 2.24) is 9.62 Å². The number of ether oxygens (including phenoxy) is 4. The van der Waals surface area contributed by atoms with E-state index >= 15 is 0 Å². The zero-order chi connectivity index (χ0) is 23.0. The topological polar surface area (TPSA) is 120 Å². The lowest BCUT2D eigenvalue weighted by Gasteiger charge is -2.26. The summed E-state index contributed by atoms with van der Waals surface area (Å²) in [6, 6.07) is 4.58. The van der Waals surface area contributed by atoms with Gasteiger partial charge in [0.2, 0.25) is 10.0 Å². The zero-order valence-corrected chi connectivity index (χ0v) is 18.8. The summed E-state index contributed by atoms with van der Waals surface area (Å²) in [6.07, 6.45) is 4.44. The van der Waals surface area contributed by atoms with E-state index < -0.39 is 28.5 Å². The van der Waals surface area contributed by atoms with Crippen molar-refractivity contribution in [1.29, 1.82) is 0 Å². The summed E-state index contributed by atoms with van der Waals surface area (Å²) in [4.78, 5) is 23.8. The molecule has 0 radical (unpaired) electrons. The molecule has 0 spiro atoms. The number of sulfonamides is 1. The van der Waals surface area contributed by atoms with E-state index in [1.807, 2.05) is 0 Å². The number of carbonyl (C=O) groups is 2. The fourth-order valence-corrected chi connectivity index (χ4v) is 4.96. The van der Waals surface area contributed by atoms with Crippen LogP contribution in [0.3, 0.4) is 0 Å². The number of rotatable bonds is 9. The van der Waals surface area contributed by atoms with Gasteiger partial charge < -0.3 is 24.3 Å². The van der Waals surface area contributed by atoms with Crippen LogP contribution in [0, 0.1) is 0 Å². The highest BCUT2D eigenvalue weighted by molar-refractivity contribution is 7.89. The molecule has 0 aliphatic carbocycles. The minimum Gasteiger partial charge on any atom is -0.495 e. The summed E-state index contributed by atoms with van der Waals surface area (Å²) < 4.78 is 48.2. The number of hydrogen-bond acceptors (Lipinski definition) is 8. The molecule has 1 aromatic carbocycles. The molecular weight excluding hydrogens is 440 g/mol. The van der Waals surface area contributed by atoms with Crippen LogP contribution in [-0.2, 0) is 33.8 Å². The van der Waals surface area contributed by atoms with Crippen molar-refractivity contribution < 1.29 is 37.0 Å². The first-order chi connectivity index (χ1) is 15.4. The second-order valence-electron chi connectivity index (χ2n) is 7.31. The highest BCUT2D eigenvalue weighted by Gasteiger charge is 2.29. The Hall–Kier alpha value is -2.47. The molecule has 2 aliphatic heterocycles. The number of amides is 1. The predicted molar refractivity (Wildman–Crippen MR) is 115 cm³/mol. The van der Waals surface area contributed by atoms with Gasteiger partial charge in [0.1, 0.15) is 10.6 Å². The van der Waals surface area contributed by atoms with Crippen molar-refractivity contribution in [3.05, 3.63) is 29.8 Å². The van der Waals surface area contributed by atoms with Crippen LogP contribution in [0.1, 0.15) is 18.4 Å². The van der Waals surface area contributed by atoms with Gasteiger partial charge in [-0.25, -0.2) is 13.2 Å². The number of nitrogens with one attached hydrogen (secondary N) is 1. The Morgan fingerprint density at radius 2 is 2.03 bits per heavy atom. The van der Waals surface area contributed by atoms with Crippen LogP contribution in [0.2, 0.25) is 0 Å².